The molecule has 0 aromatic heterocycles. The molecule has 0 radical (unpaired) electrons. The number of hydrogen-bond donors (Lipinski definition) is 1. The Morgan fingerprint density at radius 3 is 2.60 bits per heavy atom. The van der Waals surface area contributed by atoms with Crippen LogP contribution in [0.25, 0.3) is 0 Å². The van der Waals surface area contributed by atoms with Crippen molar-refractivity contribution in [2.45, 2.75) is 26.3 Å². The van der Waals surface area contributed by atoms with E-state index in [4.69, 9.17) is 17.3 Å². The van der Waals surface area contributed by atoms with Crippen molar-refractivity contribution in [1.82, 2.24) is 0 Å². The van der Waals surface area contributed by atoms with Crippen LogP contribution < -0.4 is 5.73 Å². The van der Waals surface area contributed by atoms with Crippen LogP contribution >= 0.6 is 34.2 Å². The number of benzene rings is 2. The molecule has 0 bridgehead atoms. The van der Waals surface area contributed by atoms with E-state index < -0.39 is 0 Å². The monoisotopic (exact) mass is 399 g/mol. The number of hydrogen-bond acceptors (Lipinski definition) is 1. The van der Waals surface area contributed by atoms with Gasteiger partial charge >= 0.3 is 0 Å². The zero-order valence-electron chi connectivity index (χ0n) is 11.7. The van der Waals surface area contributed by atoms with Crippen molar-refractivity contribution in [2.24, 2.45) is 11.7 Å². The minimum Gasteiger partial charge on any atom is -0.320 e. The van der Waals surface area contributed by atoms with Crippen LogP contribution in [0.3, 0.4) is 0 Å². The molecule has 0 aliphatic carbocycles. The van der Waals surface area contributed by atoms with Gasteiger partial charge in [0.15, 0.2) is 0 Å². The third kappa shape index (κ3) is 3.96. The lowest BCUT2D eigenvalue weighted by Gasteiger charge is -2.16. The Kier molecular flexibility index (Phi) is 5.47. The molecule has 0 saturated heterocycles. The summed E-state index contributed by atoms with van der Waals surface area (Å²) in [6.07, 6.45) is 1.08. The second-order valence-electron chi connectivity index (χ2n) is 5.49. The van der Waals surface area contributed by atoms with Gasteiger partial charge in [0.05, 0.1) is 6.04 Å². The molecule has 2 N–H and O–H groups in total. The molecule has 0 saturated carbocycles. The van der Waals surface area contributed by atoms with Crippen LogP contribution in [-0.4, -0.2) is 0 Å². The van der Waals surface area contributed by atoms with Gasteiger partial charge in [-0.2, -0.15) is 0 Å². The fourth-order valence-electron chi connectivity index (χ4n) is 2.32. The highest BCUT2D eigenvalue weighted by Crippen LogP contribution is 2.27. The topological polar surface area (TPSA) is 26.0 Å². The molecule has 106 valence electrons. The van der Waals surface area contributed by atoms with E-state index in [2.05, 4.69) is 60.7 Å². The zero-order valence-corrected chi connectivity index (χ0v) is 14.6. The van der Waals surface area contributed by atoms with E-state index in [1.165, 1.54) is 5.56 Å². The quantitative estimate of drug-likeness (QED) is 0.703. The molecule has 0 fully saturated rings. The van der Waals surface area contributed by atoms with Crippen molar-refractivity contribution < 1.29 is 0 Å². The molecule has 3 heteroatoms. The van der Waals surface area contributed by atoms with E-state index in [0.29, 0.717) is 5.92 Å². The highest BCUT2D eigenvalue weighted by atomic mass is 127. The molecule has 20 heavy (non-hydrogen) atoms. The first kappa shape index (κ1) is 15.8. The number of halogens is 2. The van der Waals surface area contributed by atoms with E-state index in [1.54, 1.807) is 0 Å². The third-order valence-electron chi connectivity index (χ3n) is 3.25. The van der Waals surface area contributed by atoms with Gasteiger partial charge in [-0.15, -0.1) is 0 Å². The lowest BCUT2D eigenvalue weighted by molar-refractivity contribution is 0.646. The van der Waals surface area contributed by atoms with Crippen molar-refractivity contribution in [3.63, 3.8) is 0 Å². The van der Waals surface area contributed by atoms with Crippen molar-refractivity contribution in [2.75, 3.05) is 0 Å². The van der Waals surface area contributed by atoms with E-state index in [0.717, 1.165) is 26.1 Å². The Hall–Kier alpha value is -0.580. The molecule has 0 amide bonds. The largest absolute Gasteiger partial charge is 0.320 e. The highest BCUT2D eigenvalue weighted by molar-refractivity contribution is 14.1. The van der Waals surface area contributed by atoms with Crippen LogP contribution in [0.2, 0.25) is 5.02 Å². The van der Waals surface area contributed by atoms with E-state index in [-0.39, 0.29) is 6.04 Å². The normalized spacial score (nSPS) is 12.7. The van der Waals surface area contributed by atoms with E-state index in [1.807, 2.05) is 18.2 Å². The van der Waals surface area contributed by atoms with Crippen LogP contribution in [0.4, 0.5) is 0 Å². The van der Waals surface area contributed by atoms with Crippen molar-refractivity contribution in [3.05, 3.63) is 67.7 Å². The Morgan fingerprint density at radius 1 is 1.15 bits per heavy atom. The molecule has 2 rings (SSSR count). The van der Waals surface area contributed by atoms with Crippen LogP contribution in [0.5, 0.6) is 0 Å². The summed E-state index contributed by atoms with van der Waals surface area (Å²) in [5.41, 5.74) is 9.99. The van der Waals surface area contributed by atoms with Gasteiger partial charge in [0.1, 0.15) is 0 Å². The number of rotatable bonds is 4. The van der Waals surface area contributed by atoms with Gasteiger partial charge in [-0.05, 0) is 69.8 Å². The molecule has 2 aromatic rings. The van der Waals surface area contributed by atoms with Gasteiger partial charge in [-0.25, -0.2) is 0 Å². The lowest BCUT2D eigenvalue weighted by Crippen LogP contribution is -2.13. The maximum absolute atomic E-state index is 6.42. The predicted molar refractivity (Wildman–Crippen MR) is 95.2 cm³/mol. The standard InChI is InChI=1S/C17H19ClIN/c1-11(2)8-12-4-3-5-13(9-12)17(20)15-10-14(18)6-7-16(15)19/h3-7,9-11,17H,8,20H2,1-2H3. The first-order valence-corrected chi connectivity index (χ1v) is 8.22. The van der Waals surface area contributed by atoms with Crippen LogP contribution in [0, 0.1) is 9.49 Å². The molecular formula is C17H19ClIN. The molecule has 1 nitrogen and oxygen atoms in total. The molecule has 1 unspecified atom stereocenters. The van der Waals surface area contributed by atoms with E-state index in [9.17, 15) is 0 Å². The fourth-order valence-corrected chi connectivity index (χ4v) is 3.17. The van der Waals surface area contributed by atoms with Crippen LogP contribution in [0.15, 0.2) is 42.5 Å². The summed E-state index contributed by atoms with van der Waals surface area (Å²) in [6, 6.07) is 14.3. The van der Waals surface area contributed by atoms with Gasteiger partial charge in [0.2, 0.25) is 0 Å². The summed E-state index contributed by atoms with van der Waals surface area (Å²) < 4.78 is 1.15. The first-order chi connectivity index (χ1) is 9.47. The van der Waals surface area contributed by atoms with Crippen molar-refractivity contribution >= 4 is 34.2 Å². The number of nitrogens with two attached hydrogens (primary N) is 1. The Balaban J connectivity index is 2.33. The molecule has 0 aliphatic heterocycles. The summed E-state index contributed by atoms with van der Waals surface area (Å²) in [6.45, 7) is 4.46. The summed E-state index contributed by atoms with van der Waals surface area (Å²) >= 11 is 8.40. The second kappa shape index (κ2) is 6.92. The van der Waals surface area contributed by atoms with Gasteiger partial charge < -0.3 is 5.73 Å². The van der Waals surface area contributed by atoms with Gasteiger partial charge in [0.25, 0.3) is 0 Å². The van der Waals surface area contributed by atoms with Gasteiger partial charge in [-0.3, -0.25) is 0 Å². The molecule has 0 heterocycles. The summed E-state index contributed by atoms with van der Waals surface area (Å²) in [7, 11) is 0. The first-order valence-electron chi connectivity index (χ1n) is 6.76. The molecule has 0 spiro atoms. The molecule has 0 aliphatic rings. The maximum Gasteiger partial charge on any atom is 0.0562 e. The summed E-state index contributed by atoms with van der Waals surface area (Å²) in [5, 5.41) is 0.731. The Labute approximate surface area is 139 Å². The molecule has 2 aromatic carbocycles. The molecular weight excluding hydrogens is 381 g/mol. The molecule has 1 atom stereocenters. The maximum atomic E-state index is 6.42. The predicted octanol–water partition coefficient (Wildman–Crippen LogP) is 5.19. The lowest BCUT2D eigenvalue weighted by atomic mass is 9.95. The van der Waals surface area contributed by atoms with E-state index >= 15 is 0 Å². The smallest absolute Gasteiger partial charge is 0.0562 e. The highest BCUT2D eigenvalue weighted by Gasteiger charge is 2.13. The summed E-state index contributed by atoms with van der Waals surface area (Å²) in [5.74, 6) is 0.646. The minimum atomic E-state index is -0.132. The average Bonchev–Trinajstić information content (AvgIpc) is 2.40. The van der Waals surface area contributed by atoms with Gasteiger partial charge in [-0.1, -0.05) is 49.7 Å². The zero-order chi connectivity index (χ0) is 14.7. The van der Waals surface area contributed by atoms with Crippen LogP contribution in [0.1, 0.15) is 36.6 Å². The van der Waals surface area contributed by atoms with Crippen molar-refractivity contribution in [1.29, 1.82) is 0 Å². The van der Waals surface area contributed by atoms with Gasteiger partial charge in [0, 0.05) is 8.59 Å². The Bertz CT molecular complexity index is 595. The fraction of sp³-hybridized carbons (Fsp3) is 0.294. The SMILES string of the molecule is CC(C)Cc1cccc(C(N)c2cc(Cl)ccc2I)c1. The Morgan fingerprint density at radius 2 is 1.90 bits per heavy atom. The van der Waals surface area contributed by atoms with Crippen molar-refractivity contribution in [3.8, 4) is 0 Å². The average molecular weight is 400 g/mol. The van der Waals surface area contributed by atoms with Crippen LogP contribution in [-0.2, 0) is 6.42 Å². The minimum absolute atomic E-state index is 0.132. The third-order valence-corrected chi connectivity index (χ3v) is 4.46. The second-order valence-corrected chi connectivity index (χ2v) is 7.09. The summed E-state index contributed by atoms with van der Waals surface area (Å²) in [4.78, 5) is 0.